The van der Waals surface area contributed by atoms with Crippen molar-refractivity contribution in [2.24, 2.45) is 7.05 Å². The zero-order chi connectivity index (χ0) is 16.6. The lowest BCUT2D eigenvalue weighted by molar-refractivity contribution is 0.285. The summed E-state index contributed by atoms with van der Waals surface area (Å²) in [6, 6.07) is 5.77. The van der Waals surface area contributed by atoms with E-state index in [0.29, 0.717) is 10.2 Å². The van der Waals surface area contributed by atoms with E-state index in [2.05, 4.69) is 43.6 Å². The molecule has 0 amide bonds. The van der Waals surface area contributed by atoms with E-state index in [-0.39, 0.29) is 5.03 Å². The average molecular weight is 399 g/mol. The third-order valence-corrected chi connectivity index (χ3v) is 6.25. The third-order valence-electron chi connectivity index (χ3n) is 3.93. The quantitative estimate of drug-likeness (QED) is 0.840. The molecule has 124 valence electrons. The summed E-state index contributed by atoms with van der Waals surface area (Å²) < 4.78 is 29.9. The Morgan fingerprint density at radius 3 is 2.78 bits per heavy atom. The van der Waals surface area contributed by atoms with Crippen LogP contribution in [0, 0.1) is 0 Å². The van der Waals surface area contributed by atoms with Gasteiger partial charge in [-0.3, -0.25) is 14.3 Å². The molecule has 0 saturated carbocycles. The van der Waals surface area contributed by atoms with Crippen molar-refractivity contribution in [1.82, 2.24) is 14.7 Å². The van der Waals surface area contributed by atoms with E-state index in [1.807, 2.05) is 12.1 Å². The van der Waals surface area contributed by atoms with E-state index >= 15 is 0 Å². The Morgan fingerprint density at radius 2 is 2.13 bits per heavy atom. The number of nitrogens with zero attached hydrogens (tertiary/aromatic N) is 3. The van der Waals surface area contributed by atoms with Crippen LogP contribution in [-0.2, 0) is 30.2 Å². The average Bonchev–Trinajstić information content (AvgIpc) is 3.03. The number of halogens is 1. The summed E-state index contributed by atoms with van der Waals surface area (Å²) in [5, 5.41) is 4.10. The van der Waals surface area contributed by atoms with Gasteiger partial charge in [-0.15, -0.1) is 0 Å². The first kappa shape index (κ1) is 16.5. The Hall–Kier alpha value is -1.38. The van der Waals surface area contributed by atoms with Gasteiger partial charge in [0.2, 0.25) is 0 Å². The molecular weight excluding hydrogens is 380 g/mol. The monoisotopic (exact) mass is 398 g/mol. The number of benzene rings is 1. The second kappa shape index (κ2) is 6.26. The molecule has 0 spiro atoms. The number of aromatic nitrogens is 2. The van der Waals surface area contributed by atoms with Gasteiger partial charge in [0.25, 0.3) is 10.0 Å². The minimum Gasteiger partial charge on any atom is -0.295 e. The van der Waals surface area contributed by atoms with Gasteiger partial charge < -0.3 is 0 Å². The van der Waals surface area contributed by atoms with Crippen molar-refractivity contribution in [2.75, 3.05) is 11.3 Å². The summed E-state index contributed by atoms with van der Waals surface area (Å²) in [7, 11) is -2.09. The minimum atomic E-state index is -3.70. The topological polar surface area (TPSA) is 67.2 Å². The van der Waals surface area contributed by atoms with Gasteiger partial charge in [-0.05, 0) is 46.1 Å². The van der Waals surface area contributed by atoms with Crippen LogP contribution in [0.15, 0.2) is 33.9 Å². The van der Waals surface area contributed by atoms with Gasteiger partial charge in [0, 0.05) is 20.1 Å². The summed E-state index contributed by atoms with van der Waals surface area (Å²) in [4.78, 5) is 2.32. The molecule has 0 fully saturated rings. The second-order valence-corrected chi connectivity index (χ2v) is 8.13. The largest absolute Gasteiger partial charge is 0.295 e. The first-order chi connectivity index (χ1) is 10.9. The Bertz CT molecular complexity index is 812. The first-order valence-electron chi connectivity index (χ1n) is 7.46. The molecule has 0 radical (unpaired) electrons. The maximum atomic E-state index is 12.7. The molecule has 6 nitrogen and oxygen atoms in total. The van der Waals surface area contributed by atoms with Crippen molar-refractivity contribution < 1.29 is 8.42 Å². The first-order valence-corrected chi connectivity index (χ1v) is 9.73. The molecule has 2 heterocycles. The molecule has 1 aromatic carbocycles. The van der Waals surface area contributed by atoms with Crippen LogP contribution in [0.3, 0.4) is 0 Å². The van der Waals surface area contributed by atoms with E-state index in [1.165, 1.54) is 16.4 Å². The maximum Gasteiger partial charge on any atom is 0.280 e. The zero-order valence-corrected chi connectivity index (χ0v) is 15.5. The van der Waals surface area contributed by atoms with Crippen LogP contribution in [-0.4, -0.2) is 29.6 Å². The highest BCUT2D eigenvalue weighted by molar-refractivity contribution is 9.10. The van der Waals surface area contributed by atoms with E-state index in [9.17, 15) is 8.42 Å². The van der Waals surface area contributed by atoms with Gasteiger partial charge in [0.1, 0.15) is 0 Å². The lowest BCUT2D eigenvalue weighted by Gasteiger charge is -2.14. The molecule has 8 heteroatoms. The molecular formula is C15H19BrN4O2S. The Balaban J connectivity index is 1.92. The fraction of sp³-hybridized carbons (Fsp3) is 0.400. The summed E-state index contributed by atoms with van der Waals surface area (Å²) in [6.45, 7) is 4.79. The number of anilines is 1. The molecule has 0 bridgehead atoms. The molecule has 0 atom stereocenters. The Labute approximate surface area is 144 Å². The van der Waals surface area contributed by atoms with Crippen LogP contribution in [0.25, 0.3) is 0 Å². The molecule has 23 heavy (non-hydrogen) atoms. The standard InChI is InChI=1S/C15H19BrN4O2S/c1-3-7-20-9-11-5-4-6-14(12(11)10-20)18-23(21,22)15-13(16)8-17-19(15)2/h4-6,8,18H,3,7,9-10H2,1-2H3. The number of fused-ring (bicyclic) bond motifs is 1. The summed E-state index contributed by atoms with van der Waals surface area (Å²) in [5.41, 5.74) is 2.89. The van der Waals surface area contributed by atoms with Crippen molar-refractivity contribution in [3.05, 3.63) is 40.0 Å². The van der Waals surface area contributed by atoms with E-state index in [1.54, 1.807) is 7.05 Å². The zero-order valence-electron chi connectivity index (χ0n) is 13.1. The number of hydrogen-bond donors (Lipinski definition) is 1. The number of rotatable bonds is 5. The van der Waals surface area contributed by atoms with Crippen molar-refractivity contribution in [3.8, 4) is 0 Å². The molecule has 1 aliphatic heterocycles. The van der Waals surface area contributed by atoms with E-state index in [4.69, 9.17) is 0 Å². The molecule has 0 unspecified atom stereocenters. The van der Waals surface area contributed by atoms with Crippen molar-refractivity contribution in [3.63, 3.8) is 0 Å². The summed E-state index contributed by atoms with van der Waals surface area (Å²) in [5.74, 6) is 0. The van der Waals surface area contributed by atoms with Gasteiger partial charge >= 0.3 is 0 Å². The summed E-state index contributed by atoms with van der Waals surface area (Å²) >= 11 is 3.25. The number of aryl methyl sites for hydroxylation is 1. The van der Waals surface area contributed by atoms with E-state index in [0.717, 1.165) is 31.6 Å². The van der Waals surface area contributed by atoms with Crippen LogP contribution >= 0.6 is 15.9 Å². The molecule has 0 aliphatic carbocycles. The van der Waals surface area contributed by atoms with Crippen molar-refractivity contribution in [2.45, 2.75) is 31.5 Å². The number of sulfonamides is 1. The fourth-order valence-corrected chi connectivity index (χ4v) is 5.22. The maximum absolute atomic E-state index is 12.7. The fourth-order valence-electron chi connectivity index (χ4n) is 2.95. The van der Waals surface area contributed by atoms with Gasteiger partial charge in [-0.1, -0.05) is 19.1 Å². The van der Waals surface area contributed by atoms with Crippen LogP contribution in [0.5, 0.6) is 0 Å². The molecule has 0 saturated heterocycles. The highest BCUT2D eigenvalue weighted by Gasteiger charge is 2.26. The summed E-state index contributed by atoms with van der Waals surface area (Å²) in [6.07, 6.45) is 2.56. The third kappa shape index (κ3) is 3.15. The molecule has 1 aromatic heterocycles. The van der Waals surface area contributed by atoms with Crippen LogP contribution in [0.1, 0.15) is 24.5 Å². The van der Waals surface area contributed by atoms with E-state index < -0.39 is 10.0 Å². The Morgan fingerprint density at radius 1 is 1.35 bits per heavy atom. The second-order valence-electron chi connectivity index (χ2n) is 5.68. The predicted octanol–water partition coefficient (Wildman–Crippen LogP) is 2.71. The highest BCUT2D eigenvalue weighted by atomic mass is 79.9. The van der Waals surface area contributed by atoms with Gasteiger partial charge in [-0.25, -0.2) is 0 Å². The van der Waals surface area contributed by atoms with Crippen molar-refractivity contribution in [1.29, 1.82) is 0 Å². The lowest BCUT2D eigenvalue weighted by atomic mass is 10.1. The lowest BCUT2D eigenvalue weighted by Crippen LogP contribution is -2.19. The minimum absolute atomic E-state index is 0.124. The molecule has 1 aliphatic rings. The predicted molar refractivity (Wildman–Crippen MR) is 92.6 cm³/mol. The van der Waals surface area contributed by atoms with Gasteiger partial charge in [-0.2, -0.15) is 13.5 Å². The van der Waals surface area contributed by atoms with Crippen LogP contribution in [0.2, 0.25) is 0 Å². The highest BCUT2D eigenvalue weighted by Crippen LogP contribution is 2.31. The molecule has 2 aromatic rings. The van der Waals surface area contributed by atoms with Gasteiger partial charge in [0.15, 0.2) is 5.03 Å². The van der Waals surface area contributed by atoms with Crippen molar-refractivity contribution >= 4 is 31.6 Å². The van der Waals surface area contributed by atoms with Crippen LogP contribution in [0.4, 0.5) is 5.69 Å². The number of nitrogens with one attached hydrogen (secondary N) is 1. The normalized spacial score (nSPS) is 14.9. The van der Waals surface area contributed by atoms with Crippen LogP contribution < -0.4 is 4.72 Å². The van der Waals surface area contributed by atoms with Gasteiger partial charge in [0.05, 0.1) is 16.4 Å². The number of hydrogen-bond acceptors (Lipinski definition) is 4. The Kier molecular flexibility index (Phi) is 4.48. The molecule has 1 N–H and O–H groups in total. The molecule has 3 rings (SSSR count). The smallest absolute Gasteiger partial charge is 0.280 e. The SMILES string of the molecule is CCCN1Cc2cccc(NS(=O)(=O)c3c(Br)cnn3C)c2C1.